The van der Waals surface area contributed by atoms with Gasteiger partial charge in [0.25, 0.3) is 0 Å². The van der Waals surface area contributed by atoms with Gasteiger partial charge < -0.3 is 0 Å². The standard InChI is InChI=1S/C11H7ClF8O2S/c12-10(17,18)8(13,14)9(15,16)11(19,20)23(21,22)6-7-4-2-1-3-5-7/h1-5H,6H2. The molecule has 0 aromatic heterocycles. The second-order valence-corrected chi connectivity index (χ2v) is 6.91. The molecule has 2 nitrogen and oxygen atoms in total. The number of hydrogen-bond donors (Lipinski definition) is 0. The Morgan fingerprint density at radius 3 is 1.65 bits per heavy atom. The molecule has 0 unspecified atom stereocenters. The fraction of sp³-hybridized carbons (Fsp3) is 0.455. The molecule has 1 aromatic rings. The van der Waals surface area contributed by atoms with Gasteiger partial charge in [0.2, 0.25) is 9.84 Å². The van der Waals surface area contributed by atoms with Crippen molar-refractivity contribution < 1.29 is 43.5 Å². The van der Waals surface area contributed by atoms with Gasteiger partial charge in [0, 0.05) is 0 Å². The average Bonchev–Trinajstić information content (AvgIpc) is 2.37. The van der Waals surface area contributed by atoms with Crippen LogP contribution in [-0.2, 0) is 15.6 Å². The summed E-state index contributed by atoms with van der Waals surface area (Å²) in [7, 11) is -6.27. The summed E-state index contributed by atoms with van der Waals surface area (Å²) >= 11 is 3.73. The maximum atomic E-state index is 13.5. The average molecular weight is 391 g/mol. The van der Waals surface area contributed by atoms with E-state index in [2.05, 4.69) is 11.6 Å². The summed E-state index contributed by atoms with van der Waals surface area (Å²) < 4.78 is 127. The van der Waals surface area contributed by atoms with Crippen LogP contribution in [0.15, 0.2) is 30.3 Å². The normalized spacial score (nSPS) is 14.8. The second kappa shape index (κ2) is 5.76. The van der Waals surface area contributed by atoms with Crippen LogP contribution < -0.4 is 0 Å². The molecule has 0 spiro atoms. The molecule has 0 N–H and O–H groups in total. The molecule has 0 aliphatic rings. The Morgan fingerprint density at radius 1 is 0.826 bits per heavy atom. The van der Waals surface area contributed by atoms with Crippen LogP contribution in [0, 0.1) is 0 Å². The highest BCUT2D eigenvalue weighted by molar-refractivity contribution is 7.91. The summed E-state index contributed by atoms with van der Waals surface area (Å²) in [6.07, 6.45) is 0. The molecule has 0 saturated heterocycles. The Labute approximate surface area is 130 Å². The lowest BCUT2D eigenvalue weighted by molar-refractivity contribution is -0.326. The molecule has 0 heterocycles. The van der Waals surface area contributed by atoms with Crippen LogP contribution in [0.25, 0.3) is 0 Å². The van der Waals surface area contributed by atoms with Crippen molar-refractivity contribution in [2.75, 3.05) is 0 Å². The lowest BCUT2D eigenvalue weighted by Gasteiger charge is -2.33. The first kappa shape index (κ1) is 19.9. The number of hydrogen-bond acceptors (Lipinski definition) is 2. The Hall–Kier alpha value is -1.10. The molecule has 12 heteroatoms. The summed E-state index contributed by atoms with van der Waals surface area (Å²) in [4.78, 5) is 0. The Kier molecular flexibility index (Phi) is 5.00. The fourth-order valence-corrected chi connectivity index (χ4v) is 2.89. The smallest absolute Gasteiger partial charge is 0.222 e. The van der Waals surface area contributed by atoms with Crippen molar-refractivity contribution in [1.29, 1.82) is 0 Å². The molecule has 132 valence electrons. The number of rotatable bonds is 6. The monoisotopic (exact) mass is 390 g/mol. The van der Waals surface area contributed by atoms with Gasteiger partial charge in [0.1, 0.15) is 0 Å². The molecule has 0 atom stereocenters. The van der Waals surface area contributed by atoms with E-state index in [-0.39, 0.29) is 0 Å². The van der Waals surface area contributed by atoms with E-state index >= 15 is 0 Å². The first-order valence-electron chi connectivity index (χ1n) is 5.54. The molecule has 0 saturated carbocycles. The predicted octanol–water partition coefficient (Wildman–Crippen LogP) is 4.30. The first-order chi connectivity index (χ1) is 10.1. The highest BCUT2D eigenvalue weighted by Gasteiger charge is 2.83. The Bertz CT molecular complexity index is 654. The van der Waals surface area contributed by atoms with Gasteiger partial charge in [-0.15, -0.1) is 0 Å². The number of sulfone groups is 1. The van der Waals surface area contributed by atoms with Crippen molar-refractivity contribution in [3.63, 3.8) is 0 Å². The lowest BCUT2D eigenvalue weighted by atomic mass is 10.2. The van der Waals surface area contributed by atoms with Crippen molar-refractivity contribution in [3.05, 3.63) is 35.9 Å². The van der Waals surface area contributed by atoms with Crippen molar-refractivity contribution in [1.82, 2.24) is 0 Å². The Morgan fingerprint density at radius 2 is 1.26 bits per heavy atom. The van der Waals surface area contributed by atoms with Crippen molar-refractivity contribution in [3.8, 4) is 0 Å². The van der Waals surface area contributed by atoms with Gasteiger partial charge >= 0.3 is 22.5 Å². The first-order valence-corrected chi connectivity index (χ1v) is 7.57. The minimum atomic E-state index is -6.95. The minimum absolute atomic E-state index is 0.427. The lowest BCUT2D eigenvalue weighted by Crippen LogP contribution is -2.63. The van der Waals surface area contributed by atoms with Crippen LogP contribution in [0.4, 0.5) is 35.1 Å². The van der Waals surface area contributed by atoms with E-state index < -0.39 is 43.6 Å². The van der Waals surface area contributed by atoms with Gasteiger partial charge in [-0.1, -0.05) is 30.3 Å². The maximum Gasteiger partial charge on any atom is 0.414 e. The number of halogens is 9. The molecule has 1 rings (SSSR count). The summed E-state index contributed by atoms with van der Waals surface area (Å²) in [6, 6.07) is 5.57. The van der Waals surface area contributed by atoms with E-state index in [4.69, 9.17) is 0 Å². The van der Waals surface area contributed by atoms with Crippen molar-refractivity contribution in [2.45, 2.75) is 28.2 Å². The molecule has 0 bridgehead atoms. The molecule has 1 aromatic carbocycles. The molecule has 0 radical (unpaired) electrons. The highest BCUT2D eigenvalue weighted by Crippen LogP contribution is 2.55. The minimum Gasteiger partial charge on any atom is -0.222 e. The summed E-state index contributed by atoms with van der Waals surface area (Å²) in [5.74, 6) is -15.5. The number of alkyl halides is 9. The van der Waals surface area contributed by atoms with Crippen molar-refractivity contribution >= 4 is 21.4 Å². The van der Waals surface area contributed by atoms with Gasteiger partial charge in [-0.25, -0.2) is 8.42 Å². The zero-order valence-corrected chi connectivity index (χ0v) is 12.3. The van der Waals surface area contributed by atoms with Crippen molar-refractivity contribution in [2.24, 2.45) is 0 Å². The Balaban J connectivity index is 3.33. The molecular formula is C11H7ClF8O2S. The van der Waals surface area contributed by atoms with E-state index in [1.807, 2.05) is 0 Å². The molecule has 23 heavy (non-hydrogen) atoms. The third-order valence-corrected chi connectivity index (χ3v) is 4.69. The molecular weight excluding hydrogens is 384 g/mol. The second-order valence-electron chi connectivity index (χ2n) is 4.41. The van der Waals surface area contributed by atoms with E-state index in [1.165, 1.54) is 18.2 Å². The largest absolute Gasteiger partial charge is 0.414 e. The third-order valence-electron chi connectivity index (χ3n) is 2.71. The summed E-state index contributed by atoms with van der Waals surface area (Å²) in [6.45, 7) is 0. The molecule has 0 amide bonds. The maximum absolute atomic E-state index is 13.5. The van der Waals surface area contributed by atoms with Gasteiger partial charge in [0.05, 0.1) is 5.75 Å². The van der Waals surface area contributed by atoms with E-state index in [9.17, 15) is 43.5 Å². The molecule has 0 aliphatic carbocycles. The third kappa shape index (κ3) is 3.25. The SMILES string of the molecule is O=S(=O)(Cc1ccccc1)C(F)(F)C(F)(F)C(F)(F)C(F)(F)Cl. The van der Waals surface area contributed by atoms with E-state index in [0.29, 0.717) is 0 Å². The molecule has 0 aliphatic heterocycles. The van der Waals surface area contributed by atoms with Gasteiger partial charge in [-0.05, 0) is 17.2 Å². The summed E-state index contributed by atoms with van der Waals surface area (Å²) in [5, 5.41) is -12.6. The summed E-state index contributed by atoms with van der Waals surface area (Å²) in [5.41, 5.74) is -0.427. The zero-order chi connectivity index (χ0) is 18.3. The van der Waals surface area contributed by atoms with Gasteiger partial charge in [-0.2, -0.15) is 35.1 Å². The zero-order valence-electron chi connectivity index (χ0n) is 10.7. The van der Waals surface area contributed by atoms with E-state index in [0.717, 1.165) is 12.1 Å². The van der Waals surface area contributed by atoms with Crippen LogP contribution in [0.5, 0.6) is 0 Å². The highest BCUT2D eigenvalue weighted by atomic mass is 35.5. The van der Waals surface area contributed by atoms with Crippen LogP contribution in [0.3, 0.4) is 0 Å². The predicted molar refractivity (Wildman–Crippen MR) is 64.7 cm³/mol. The van der Waals surface area contributed by atoms with Crippen LogP contribution in [-0.4, -0.2) is 30.9 Å². The van der Waals surface area contributed by atoms with Crippen LogP contribution in [0.1, 0.15) is 5.56 Å². The topological polar surface area (TPSA) is 34.1 Å². The van der Waals surface area contributed by atoms with E-state index in [1.54, 1.807) is 0 Å². The number of benzene rings is 1. The fourth-order valence-electron chi connectivity index (χ4n) is 1.44. The van der Waals surface area contributed by atoms with Crippen LogP contribution in [0.2, 0.25) is 0 Å². The quantitative estimate of drug-likeness (QED) is 0.536. The van der Waals surface area contributed by atoms with Crippen LogP contribution >= 0.6 is 11.6 Å². The van der Waals surface area contributed by atoms with Gasteiger partial charge in [-0.3, -0.25) is 0 Å². The molecule has 0 fully saturated rings. The van der Waals surface area contributed by atoms with Gasteiger partial charge in [0.15, 0.2) is 0 Å².